The summed E-state index contributed by atoms with van der Waals surface area (Å²) in [5.74, 6) is -2.60. The largest absolute Gasteiger partial charge is 0.480 e. The number of hydrogen-bond acceptors (Lipinski definition) is 5. The zero-order valence-corrected chi connectivity index (χ0v) is 12.7. The van der Waals surface area contributed by atoms with Crippen LogP contribution in [-0.4, -0.2) is 44.4 Å². The number of esters is 1. The Hall–Kier alpha value is -1.15. The van der Waals surface area contributed by atoms with Crippen LogP contribution in [0.3, 0.4) is 0 Å². The van der Waals surface area contributed by atoms with Crippen LogP contribution in [0.2, 0.25) is 0 Å². The van der Waals surface area contributed by atoms with Gasteiger partial charge in [0.2, 0.25) is 10.0 Å². The van der Waals surface area contributed by atoms with E-state index in [1.807, 2.05) is 0 Å². The van der Waals surface area contributed by atoms with Gasteiger partial charge in [0.25, 0.3) is 0 Å². The molecule has 0 radical (unpaired) electrons. The Morgan fingerprint density at radius 1 is 1.35 bits per heavy atom. The zero-order chi connectivity index (χ0) is 15.6. The van der Waals surface area contributed by atoms with Gasteiger partial charge in [0.1, 0.15) is 6.04 Å². The summed E-state index contributed by atoms with van der Waals surface area (Å²) in [6, 6.07) is -1.20. The lowest BCUT2D eigenvalue weighted by atomic mass is 9.70. The molecule has 1 unspecified atom stereocenters. The summed E-state index contributed by atoms with van der Waals surface area (Å²) >= 11 is 0. The first-order valence-electron chi connectivity index (χ1n) is 6.45. The number of nitrogens with one attached hydrogen (secondary N) is 1. The van der Waals surface area contributed by atoms with E-state index in [9.17, 15) is 18.0 Å². The predicted octanol–water partition coefficient (Wildman–Crippen LogP) is 0.358. The minimum atomic E-state index is -3.88. The summed E-state index contributed by atoms with van der Waals surface area (Å²) in [5.41, 5.74) is -1.03. The molecule has 2 N–H and O–H groups in total. The first-order chi connectivity index (χ1) is 9.13. The molecule has 0 aromatic rings. The van der Waals surface area contributed by atoms with Crippen LogP contribution in [0.1, 0.15) is 33.1 Å². The van der Waals surface area contributed by atoms with Crippen molar-refractivity contribution in [2.75, 3.05) is 12.9 Å². The number of aliphatic carboxylic acids is 1. The molecule has 0 aromatic heterocycles. The molecule has 0 amide bonds. The lowest BCUT2D eigenvalue weighted by Crippen LogP contribution is -2.51. The highest BCUT2D eigenvalue weighted by Gasteiger charge is 2.49. The van der Waals surface area contributed by atoms with Gasteiger partial charge < -0.3 is 9.84 Å². The molecule has 0 heterocycles. The number of methoxy groups -OCH3 is 1. The van der Waals surface area contributed by atoms with Crippen molar-refractivity contribution in [2.24, 2.45) is 11.3 Å². The predicted molar refractivity (Wildman–Crippen MR) is 71.5 cm³/mol. The second-order valence-electron chi connectivity index (χ2n) is 5.56. The second kappa shape index (κ2) is 6.09. The molecular formula is C12H21NO6S. The van der Waals surface area contributed by atoms with Crippen LogP contribution in [0.5, 0.6) is 0 Å². The molecule has 116 valence electrons. The van der Waals surface area contributed by atoms with Crippen LogP contribution in [0.25, 0.3) is 0 Å². The van der Waals surface area contributed by atoms with E-state index in [1.54, 1.807) is 13.8 Å². The maximum Gasteiger partial charge on any atom is 0.321 e. The van der Waals surface area contributed by atoms with Gasteiger partial charge in [-0.25, -0.2) is 13.1 Å². The topological polar surface area (TPSA) is 110 Å². The Kier molecular flexibility index (Phi) is 5.15. The van der Waals surface area contributed by atoms with Crippen molar-refractivity contribution in [2.45, 2.75) is 39.2 Å². The van der Waals surface area contributed by atoms with E-state index >= 15 is 0 Å². The lowest BCUT2D eigenvalue weighted by molar-refractivity contribution is -0.156. The number of carboxylic acids is 1. The van der Waals surface area contributed by atoms with Crippen molar-refractivity contribution in [1.29, 1.82) is 0 Å². The lowest BCUT2D eigenvalue weighted by Gasteiger charge is -2.38. The number of rotatable bonds is 7. The van der Waals surface area contributed by atoms with Crippen molar-refractivity contribution < 1.29 is 27.9 Å². The van der Waals surface area contributed by atoms with E-state index in [4.69, 9.17) is 5.11 Å². The van der Waals surface area contributed by atoms with Crippen LogP contribution in [0.15, 0.2) is 0 Å². The summed E-state index contributed by atoms with van der Waals surface area (Å²) in [6.07, 6.45) is 1.65. The third kappa shape index (κ3) is 3.69. The highest BCUT2D eigenvalue weighted by molar-refractivity contribution is 7.89. The molecule has 1 saturated carbocycles. The number of ether oxygens (including phenoxy) is 1. The molecule has 0 spiro atoms. The second-order valence-corrected chi connectivity index (χ2v) is 7.32. The molecule has 20 heavy (non-hydrogen) atoms. The third-order valence-corrected chi connectivity index (χ3v) is 5.18. The monoisotopic (exact) mass is 307 g/mol. The molecule has 1 fully saturated rings. The Labute approximate surface area is 118 Å². The van der Waals surface area contributed by atoms with Gasteiger partial charge in [-0.3, -0.25) is 9.59 Å². The van der Waals surface area contributed by atoms with E-state index in [0.29, 0.717) is 12.8 Å². The number of carbonyl (C=O) groups excluding carboxylic acids is 1. The fourth-order valence-electron chi connectivity index (χ4n) is 2.30. The van der Waals surface area contributed by atoms with Gasteiger partial charge in [0, 0.05) is 0 Å². The molecule has 0 aliphatic heterocycles. The van der Waals surface area contributed by atoms with Gasteiger partial charge >= 0.3 is 11.9 Å². The van der Waals surface area contributed by atoms with Gasteiger partial charge in [-0.1, -0.05) is 20.3 Å². The molecule has 8 heteroatoms. The van der Waals surface area contributed by atoms with Crippen molar-refractivity contribution in [1.82, 2.24) is 4.72 Å². The molecule has 1 aliphatic carbocycles. The summed E-state index contributed by atoms with van der Waals surface area (Å²) in [4.78, 5) is 22.8. The van der Waals surface area contributed by atoms with E-state index in [0.717, 1.165) is 6.42 Å². The van der Waals surface area contributed by atoms with Gasteiger partial charge in [0.15, 0.2) is 0 Å². The van der Waals surface area contributed by atoms with Gasteiger partial charge in [0.05, 0.1) is 18.3 Å². The van der Waals surface area contributed by atoms with E-state index in [2.05, 4.69) is 9.46 Å². The van der Waals surface area contributed by atoms with E-state index in [1.165, 1.54) is 7.11 Å². The maximum absolute atomic E-state index is 12.1. The molecule has 1 atom stereocenters. The van der Waals surface area contributed by atoms with E-state index in [-0.39, 0.29) is 0 Å². The van der Waals surface area contributed by atoms with Crippen LogP contribution >= 0.6 is 0 Å². The Morgan fingerprint density at radius 2 is 1.90 bits per heavy atom. The summed E-state index contributed by atoms with van der Waals surface area (Å²) in [5, 5.41) is 9.01. The van der Waals surface area contributed by atoms with Gasteiger partial charge in [-0.05, 0) is 18.8 Å². The average Bonchev–Trinajstić information content (AvgIpc) is 2.29. The fourth-order valence-corrected chi connectivity index (χ4v) is 4.28. The van der Waals surface area contributed by atoms with Crippen LogP contribution in [-0.2, 0) is 24.3 Å². The Balaban J connectivity index is 2.84. The molecular weight excluding hydrogens is 286 g/mol. The molecule has 7 nitrogen and oxygen atoms in total. The standard InChI is InChI=1S/C12H21NO6S/c1-8(2)9(10(14)15)13-20(17,18)7-12(5-4-6-12)11(16)19-3/h8-9,13H,4-7H2,1-3H3,(H,14,15). The number of carboxylic acid groups (broad SMARTS) is 1. The van der Waals surface area contributed by atoms with Crippen molar-refractivity contribution in [3.8, 4) is 0 Å². The fraction of sp³-hybridized carbons (Fsp3) is 0.833. The third-order valence-electron chi connectivity index (χ3n) is 3.63. The number of carbonyl (C=O) groups is 2. The van der Waals surface area contributed by atoms with Gasteiger partial charge in [-0.15, -0.1) is 0 Å². The molecule has 0 bridgehead atoms. The quantitative estimate of drug-likeness (QED) is 0.657. The van der Waals surface area contributed by atoms with Crippen molar-refractivity contribution in [3.63, 3.8) is 0 Å². The van der Waals surface area contributed by atoms with Crippen LogP contribution < -0.4 is 4.72 Å². The minimum absolute atomic E-state index is 0.391. The van der Waals surface area contributed by atoms with Crippen LogP contribution in [0, 0.1) is 11.3 Å². The maximum atomic E-state index is 12.1. The normalized spacial score (nSPS) is 19.2. The smallest absolute Gasteiger partial charge is 0.321 e. The van der Waals surface area contributed by atoms with E-state index < -0.39 is 45.1 Å². The zero-order valence-electron chi connectivity index (χ0n) is 11.9. The van der Waals surface area contributed by atoms with Crippen molar-refractivity contribution in [3.05, 3.63) is 0 Å². The summed E-state index contributed by atoms with van der Waals surface area (Å²) in [6.45, 7) is 3.22. The Morgan fingerprint density at radius 3 is 2.20 bits per heavy atom. The molecule has 1 aliphatic rings. The first-order valence-corrected chi connectivity index (χ1v) is 8.10. The molecule has 1 rings (SSSR count). The minimum Gasteiger partial charge on any atom is -0.480 e. The van der Waals surface area contributed by atoms with Crippen LogP contribution in [0.4, 0.5) is 0 Å². The highest BCUT2D eigenvalue weighted by atomic mass is 32.2. The van der Waals surface area contributed by atoms with Crippen molar-refractivity contribution >= 4 is 22.0 Å². The summed E-state index contributed by atoms with van der Waals surface area (Å²) < 4.78 is 31.0. The first kappa shape index (κ1) is 16.9. The number of hydrogen-bond donors (Lipinski definition) is 2. The molecule has 0 aromatic carbocycles. The Bertz CT molecular complexity index is 480. The van der Waals surface area contributed by atoms with Gasteiger partial charge in [-0.2, -0.15) is 0 Å². The number of sulfonamides is 1. The highest BCUT2D eigenvalue weighted by Crippen LogP contribution is 2.43. The average molecular weight is 307 g/mol. The summed E-state index contributed by atoms with van der Waals surface area (Å²) in [7, 11) is -2.66. The SMILES string of the molecule is COC(=O)C1(CS(=O)(=O)NC(C(=O)O)C(C)C)CCC1. The molecule has 0 saturated heterocycles.